The first-order chi connectivity index (χ1) is 11.7. The molecule has 1 aliphatic rings. The zero-order chi connectivity index (χ0) is 18.6. The Morgan fingerprint density at radius 3 is 2.56 bits per heavy atom. The highest BCUT2D eigenvalue weighted by Crippen LogP contribution is 2.29. The maximum Gasteiger partial charge on any atom is 0.407 e. The van der Waals surface area contributed by atoms with E-state index in [-0.39, 0.29) is 11.6 Å². The number of nitrogens with two attached hydrogens (primary N) is 1. The van der Waals surface area contributed by atoms with E-state index in [4.69, 9.17) is 15.2 Å². The Kier molecular flexibility index (Phi) is 5.77. The van der Waals surface area contributed by atoms with Gasteiger partial charge in [-0.2, -0.15) is 0 Å². The average Bonchev–Trinajstić information content (AvgIpc) is 2.48. The molecule has 0 bridgehead atoms. The SMILES string of the molecule is COC(=O)c1cc(OCC2CC(NC(=O)OC(C)(C)C)C2)ccc1N. The number of esters is 1. The molecule has 7 nitrogen and oxygen atoms in total. The molecule has 1 amide bonds. The fraction of sp³-hybridized carbons (Fsp3) is 0.556. The number of amides is 1. The van der Waals surface area contributed by atoms with Gasteiger partial charge >= 0.3 is 12.1 Å². The van der Waals surface area contributed by atoms with Crippen LogP contribution in [0.2, 0.25) is 0 Å². The highest BCUT2D eigenvalue weighted by molar-refractivity contribution is 5.95. The summed E-state index contributed by atoms with van der Waals surface area (Å²) in [4.78, 5) is 23.3. The van der Waals surface area contributed by atoms with Gasteiger partial charge in [0.2, 0.25) is 0 Å². The summed E-state index contributed by atoms with van der Waals surface area (Å²) in [5.74, 6) is 0.422. The van der Waals surface area contributed by atoms with Gasteiger partial charge in [-0.1, -0.05) is 0 Å². The molecule has 0 unspecified atom stereocenters. The highest BCUT2D eigenvalue weighted by atomic mass is 16.6. The first-order valence-electron chi connectivity index (χ1n) is 8.28. The van der Waals surface area contributed by atoms with Crippen LogP contribution in [0.15, 0.2) is 18.2 Å². The van der Waals surface area contributed by atoms with Crippen molar-refractivity contribution in [3.8, 4) is 5.75 Å². The molecule has 0 spiro atoms. The lowest BCUT2D eigenvalue weighted by molar-refractivity contribution is 0.0428. The predicted octanol–water partition coefficient (Wildman–Crippen LogP) is 2.74. The minimum absolute atomic E-state index is 0.112. The summed E-state index contributed by atoms with van der Waals surface area (Å²) in [6.07, 6.45) is 1.27. The molecule has 3 N–H and O–H groups in total. The van der Waals surface area contributed by atoms with Gasteiger partial charge in [0, 0.05) is 11.7 Å². The van der Waals surface area contributed by atoms with Gasteiger partial charge in [-0.3, -0.25) is 0 Å². The number of alkyl carbamates (subject to hydrolysis) is 1. The van der Waals surface area contributed by atoms with Crippen molar-refractivity contribution in [3.63, 3.8) is 0 Å². The van der Waals surface area contributed by atoms with E-state index in [1.165, 1.54) is 7.11 Å². The quantitative estimate of drug-likeness (QED) is 0.626. The van der Waals surface area contributed by atoms with Gasteiger partial charge < -0.3 is 25.3 Å². The van der Waals surface area contributed by atoms with Crippen LogP contribution >= 0.6 is 0 Å². The van der Waals surface area contributed by atoms with Gasteiger partial charge in [0.1, 0.15) is 11.4 Å². The van der Waals surface area contributed by atoms with Crippen LogP contribution in [0.4, 0.5) is 10.5 Å². The van der Waals surface area contributed by atoms with Crippen molar-refractivity contribution in [2.45, 2.75) is 45.3 Å². The highest BCUT2D eigenvalue weighted by Gasteiger charge is 2.32. The molecule has 0 aliphatic heterocycles. The van der Waals surface area contributed by atoms with Crippen molar-refractivity contribution in [1.29, 1.82) is 0 Å². The second-order valence-corrected chi connectivity index (χ2v) is 7.23. The Hall–Kier alpha value is -2.44. The monoisotopic (exact) mass is 350 g/mol. The zero-order valence-electron chi connectivity index (χ0n) is 15.1. The van der Waals surface area contributed by atoms with Crippen LogP contribution in [0.1, 0.15) is 44.0 Å². The normalized spacial score (nSPS) is 19.5. The second kappa shape index (κ2) is 7.63. The van der Waals surface area contributed by atoms with Crippen LogP contribution in [-0.4, -0.2) is 37.4 Å². The molecular formula is C18H26N2O5. The molecular weight excluding hydrogens is 324 g/mol. The van der Waals surface area contributed by atoms with Crippen molar-refractivity contribution in [3.05, 3.63) is 23.8 Å². The molecule has 1 fully saturated rings. The number of carbonyl (C=O) groups excluding carboxylic acids is 2. The van der Waals surface area contributed by atoms with Crippen LogP contribution in [0.25, 0.3) is 0 Å². The predicted molar refractivity (Wildman–Crippen MR) is 93.6 cm³/mol. The minimum atomic E-state index is -0.497. The molecule has 0 heterocycles. The number of ether oxygens (including phenoxy) is 3. The largest absolute Gasteiger partial charge is 0.493 e. The maximum absolute atomic E-state index is 11.7. The Labute approximate surface area is 147 Å². The van der Waals surface area contributed by atoms with Crippen molar-refractivity contribution >= 4 is 17.7 Å². The Balaban J connectivity index is 1.76. The van der Waals surface area contributed by atoms with Crippen molar-refractivity contribution in [1.82, 2.24) is 5.32 Å². The number of hydrogen-bond donors (Lipinski definition) is 2. The van der Waals surface area contributed by atoms with Crippen LogP contribution < -0.4 is 15.8 Å². The van der Waals surface area contributed by atoms with E-state index in [9.17, 15) is 9.59 Å². The summed E-state index contributed by atoms with van der Waals surface area (Å²) in [6.45, 7) is 6.01. The van der Waals surface area contributed by atoms with Gasteiger partial charge in [-0.05, 0) is 57.7 Å². The number of methoxy groups -OCH3 is 1. The van der Waals surface area contributed by atoms with Gasteiger partial charge in [0.05, 0.1) is 19.3 Å². The second-order valence-electron chi connectivity index (χ2n) is 7.23. The number of nitrogen functional groups attached to an aromatic ring is 1. The third-order valence-electron chi connectivity index (χ3n) is 3.87. The third kappa shape index (κ3) is 5.55. The molecule has 138 valence electrons. The molecule has 25 heavy (non-hydrogen) atoms. The summed E-state index contributed by atoms with van der Waals surface area (Å²) in [6, 6.07) is 5.03. The zero-order valence-corrected chi connectivity index (χ0v) is 15.1. The Bertz CT molecular complexity index is 633. The van der Waals surface area contributed by atoms with E-state index in [2.05, 4.69) is 10.1 Å². The number of nitrogens with one attached hydrogen (secondary N) is 1. The van der Waals surface area contributed by atoms with E-state index < -0.39 is 17.7 Å². The maximum atomic E-state index is 11.7. The summed E-state index contributed by atoms with van der Waals surface area (Å²) < 4.78 is 15.6. The minimum Gasteiger partial charge on any atom is -0.493 e. The van der Waals surface area contributed by atoms with Gasteiger partial charge in [0.15, 0.2) is 0 Å². The standard InChI is InChI=1S/C18H26N2O5/c1-18(2,3)25-17(22)20-12-7-11(8-12)10-24-13-5-6-15(19)14(9-13)16(21)23-4/h5-6,9,11-12H,7-8,10,19H2,1-4H3,(H,20,22). The number of carbonyl (C=O) groups is 2. The van der Waals surface area contributed by atoms with Crippen LogP contribution in [0.5, 0.6) is 5.75 Å². The van der Waals surface area contributed by atoms with E-state index in [0.29, 0.717) is 24.0 Å². The number of anilines is 1. The fourth-order valence-corrected chi connectivity index (χ4v) is 2.59. The number of rotatable bonds is 5. The molecule has 7 heteroatoms. The van der Waals surface area contributed by atoms with Crippen molar-refractivity contribution < 1.29 is 23.8 Å². The molecule has 1 saturated carbocycles. The van der Waals surface area contributed by atoms with Gasteiger partial charge in [0.25, 0.3) is 0 Å². The molecule has 1 aromatic rings. The van der Waals surface area contributed by atoms with E-state index in [1.54, 1.807) is 18.2 Å². The average molecular weight is 350 g/mol. The lowest BCUT2D eigenvalue weighted by atomic mass is 9.81. The van der Waals surface area contributed by atoms with Crippen LogP contribution in [-0.2, 0) is 9.47 Å². The Morgan fingerprint density at radius 1 is 1.28 bits per heavy atom. The molecule has 0 aromatic heterocycles. The van der Waals surface area contributed by atoms with Gasteiger partial charge in [-0.15, -0.1) is 0 Å². The van der Waals surface area contributed by atoms with Gasteiger partial charge in [-0.25, -0.2) is 9.59 Å². The first-order valence-corrected chi connectivity index (χ1v) is 8.28. The molecule has 0 saturated heterocycles. The fourth-order valence-electron chi connectivity index (χ4n) is 2.59. The molecule has 1 aliphatic carbocycles. The Morgan fingerprint density at radius 2 is 1.96 bits per heavy atom. The summed E-state index contributed by atoms with van der Waals surface area (Å²) >= 11 is 0. The van der Waals surface area contributed by atoms with E-state index >= 15 is 0 Å². The van der Waals surface area contributed by atoms with E-state index in [1.807, 2.05) is 20.8 Å². The number of hydrogen-bond acceptors (Lipinski definition) is 6. The summed E-state index contributed by atoms with van der Waals surface area (Å²) in [7, 11) is 1.31. The first kappa shape index (κ1) is 18.9. The van der Waals surface area contributed by atoms with E-state index in [0.717, 1.165) is 12.8 Å². The summed E-state index contributed by atoms with van der Waals surface area (Å²) in [5, 5.41) is 2.85. The van der Waals surface area contributed by atoms with Crippen molar-refractivity contribution in [2.75, 3.05) is 19.5 Å². The summed E-state index contributed by atoms with van der Waals surface area (Å²) in [5.41, 5.74) is 5.90. The topological polar surface area (TPSA) is 99.9 Å². The van der Waals surface area contributed by atoms with Crippen LogP contribution in [0, 0.1) is 5.92 Å². The smallest absolute Gasteiger partial charge is 0.407 e. The molecule has 0 atom stereocenters. The lowest BCUT2D eigenvalue weighted by Crippen LogP contribution is -2.47. The lowest BCUT2D eigenvalue weighted by Gasteiger charge is -2.35. The molecule has 0 radical (unpaired) electrons. The molecule has 1 aromatic carbocycles. The third-order valence-corrected chi connectivity index (χ3v) is 3.87. The molecule has 2 rings (SSSR count). The number of benzene rings is 1. The van der Waals surface area contributed by atoms with Crippen molar-refractivity contribution in [2.24, 2.45) is 5.92 Å². The van der Waals surface area contributed by atoms with Crippen LogP contribution in [0.3, 0.4) is 0 Å².